The van der Waals surface area contributed by atoms with Gasteiger partial charge < -0.3 is 14.8 Å². The summed E-state index contributed by atoms with van der Waals surface area (Å²) >= 11 is 3.51. The van der Waals surface area contributed by atoms with Crippen molar-refractivity contribution in [2.45, 2.75) is 13.0 Å². The van der Waals surface area contributed by atoms with Gasteiger partial charge in [0.1, 0.15) is 11.5 Å². The van der Waals surface area contributed by atoms with Gasteiger partial charge in [-0.25, -0.2) is 4.98 Å². The molecule has 1 aromatic heterocycles. The largest absolute Gasteiger partial charge is 0.497 e. The summed E-state index contributed by atoms with van der Waals surface area (Å²) in [7, 11) is 3.26. The number of fused-ring (bicyclic) bond motifs is 1. The van der Waals surface area contributed by atoms with Crippen molar-refractivity contribution in [1.82, 2.24) is 10.3 Å². The lowest BCUT2D eigenvalue weighted by atomic mass is 10.0. The van der Waals surface area contributed by atoms with Crippen molar-refractivity contribution in [2.24, 2.45) is 0 Å². The lowest BCUT2D eigenvalue weighted by molar-refractivity contribution is 0.0941. The number of benzene rings is 3. The van der Waals surface area contributed by atoms with Crippen LogP contribution in [-0.4, -0.2) is 25.1 Å². The van der Waals surface area contributed by atoms with E-state index in [2.05, 4.69) is 21.2 Å². The van der Waals surface area contributed by atoms with Crippen molar-refractivity contribution in [3.8, 4) is 22.8 Å². The van der Waals surface area contributed by atoms with E-state index >= 15 is 0 Å². The van der Waals surface area contributed by atoms with Crippen LogP contribution in [0.1, 0.15) is 28.9 Å². The Morgan fingerprint density at radius 2 is 1.66 bits per heavy atom. The van der Waals surface area contributed by atoms with Gasteiger partial charge in [-0.15, -0.1) is 0 Å². The zero-order valence-corrected chi connectivity index (χ0v) is 19.6. The molecule has 1 N–H and O–H groups in total. The minimum atomic E-state index is -0.201. The van der Waals surface area contributed by atoms with Gasteiger partial charge in [0.2, 0.25) is 0 Å². The maximum atomic E-state index is 13.4. The monoisotopic (exact) mass is 490 g/mol. The Labute approximate surface area is 195 Å². The van der Waals surface area contributed by atoms with Crippen molar-refractivity contribution in [3.05, 3.63) is 88.4 Å². The topological polar surface area (TPSA) is 60.5 Å². The normalized spacial score (nSPS) is 11.8. The number of methoxy groups -OCH3 is 2. The first-order valence-electron chi connectivity index (χ1n) is 10.2. The highest BCUT2D eigenvalue weighted by molar-refractivity contribution is 9.10. The van der Waals surface area contributed by atoms with Gasteiger partial charge in [0.05, 0.1) is 37.0 Å². The molecule has 0 aliphatic heterocycles. The smallest absolute Gasteiger partial charge is 0.252 e. The molecule has 6 heteroatoms. The van der Waals surface area contributed by atoms with Crippen LogP contribution in [0.4, 0.5) is 0 Å². The first-order valence-corrected chi connectivity index (χ1v) is 11.0. The van der Waals surface area contributed by atoms with Gasteiger partial charge in [-0.05, 0) is 61.0 Å². The number of hydrogen-bond acceptors (Lipinski definition) is 4. The molecule has 0 bridgehead atoms. The molecule has 0 saturated carbocycles. The second-order valence-electron chi connectivity index (χ2n) is 7.42. The molecule has 5 nitrogen and oxygen atoms in total. The van der Waals surface area contributed by atoms with E-state index in [1.54, 1.807) is 14.2 Å². The van der Waals surface area contributed by atoms with Gasteiger partial charge in [-0.1, -0.05) is 40.2 Å². The highest BCUT2D eigenvalue weighted by Gasteiger charge is 2.17. The van der Waals surface area contributed by atoms with Gasteiger partial charge in [-0.3, -0.25) is 4.79 Å². The Hall–Kier alpha value is -3.38. The number of pyridine rings is 1. The van der Waals surface area contributed by atoms with E-state index in [1.807, 2.05) is 79.7 Å². The number of hydrogen-bond donors (Lipinski definition) is 1. The van der Waals surface area contributed by atoms with Crippen LogP contribution in [0.2, 0.25) is 0 Å². The quantitative estimate of drug-likeness (QED) is 0.350. The molecular formula is C26H23BrN2O3. The van der Waals surface area contributed by atoms with E-state index in [1.165, 1.54) is 0 Å². The minimum absolute atomic E-state index is 0.171. The van der Waals surface area contributed by atoms with E-state index < -0.39 is 0 Å². The lowest BCUT2D eigenvalue weighted by Crippen LogP contribution is -2.27. The SMILES string of the molecule is COc1cccc(-c2cc(C(=O)NC(C)c3cccc(OC)c3)c3cc(Br)ccc3n2)c1. The van der Waals surface area contributed by atoms with Crippen LogP contribution in [0.15, 0.2) is 77.3 Å². The molecule has 0 fully saturated rings. The number of nitrogens with zero attached hydrogens (tertiary/aromatic N) is 1. The van der Waals surface area contributed by atoms with Crippen LogP contribution >= 0.6 is 15.9 Å². The molecule has 32 heavy (non-hydrogen) atoms. The zero-order chi connectivity index (χ0) is 22.7. The minimum Gasteiger partial charge on any atom is -0.497 e. The number of amides is 1. The molecule has 1 unspecified atom stereocenters. The molecule has 4 rings (SSSR count). The summed E-state index contributed by atoms with van der Waals surface area (Å²) < 4.78 is 11.6. The maximum absolute atomic E-state index is 13.4. The number of carbonyl (C=O) groups is 1. The molecule has 4 aromatic rings. The van der Waals surface area contributed by atoms with E-state index in [-0.39, 0.29) is 11.9 Å². The number of halogens is 1. The zero-order valence-electron chi connectivity index (χ0n) is 18.1. The van der Waals surface area contributed by atoms with Crippen LogP contribution in [0.25, 0.3) is 22.2 Å². The first-order chi connectivity index (χ1) is 15.5. The summed E-state index contributed by atoms with van der Waals surface area (Å²) in [5.74, 6) is 1.31. The Bertz CT molecular complexity index is 1290. The summed E-state index contributed by atoms with van der Waals surface area (Å²) in [6.07, 6.45) is 0. The highest BCUT2D eigenvalue weighted by atomic mass is 79.9. The Morgan fingerprint density at radius 3 is 2.41 bits per heavy atom. The molecule has 0 aliphatic rings. The third kappa shape index (κ3) is 4.60. The summed E-state index contributed by atoms with van der Waals surface area (Å²) in [5, 5.41) is 3.89. The van der Waals surface area contributed by atoms with Gasteiger partial charge in [0.15, 0.2) is 0 Å². The van der Waals surface area contributed by atoms with E-state index in [4.69, 9.17) is 14.5 Å². The summed E-state index contributed by atoms with van der Waals surface area (Å²) in [6, 6.07) is 22.7. The van der Waals surface area contributed by atoms with Crippen molar-refractivity contribution >= 4 is 32.7 Å². The van der Waals surface area contributed by atoms with Crippen LogP contribution in [0, 0.1) is 0 Å². The predicted molar refractivity (Wildman–Crippen MR) is 130 cm³/mol. The van der Waals surface area contributed by atoms with E-state index in [0.717, 1.165) is 38.0 Å². The number of carbonyl (C=O) groups excluding carboxylic acids is 1. The third-order valence-electron chi connectivity index (χ3n) is 5.32. The molecule has 1 heterocycles. The molecule has 0 saturated heterocycles. The molecular weight excluding hydrogens is 468 g/mol. The number of ether oxygens (including phenoxy) is 2. The Balaban J connectivity index is 1.75. The molecule has 1 atom stereocenters. The van der Waals surface area contributed by atoms with Crippen LogP contribution < -0.4 is 14.8 Å². The van der Waals surface area contributed by atoms with Gasteiger partial charge in [0, 0.05) is 15.4 Å². The number of nitrogens with one attached hydrogen (secondary N) is 1. The second kappa shape index (κ2) is 9.40. The number of aromatic nitrogens is 1. The molecule has 1 amide bonds. The average Bonchev–Trinajstić information content (AvgIpc) is 2.83. The molecule has 162 valence electrons. The highest BCUT2D eigenvalue weighted by Crippen LogP contribution is 2.29. The average molecular weight is 491 g/mol. The molecule has 0 radical (unpaired) electrons. The van der Waals surface area contributed by atoms with Gasteiger partial charge >= 0.3 is 0 Å². The van der Waals surface area contributed by atoms with E-state index in [9.17, 15) is 4.79 Å². The Kier molecular flexibility index (Phi) is 6.42. The fraction of sp³-hybridized carbons (Fsp3) is 0.154. The maximum Gasteiger partial charge on any atom is 0.252 e. The fourth-order valence-corrected chi connectivity index (χ4v) is 3.95. The van der Waals surface area contributed by atoms with Crippen LogP contribution in [0.5, 0.6) is 11.5 Å². The van der Waals surface area contributed by atoms with Crippen molar-refractivity contribution in [1.29, 1.82) is 0 Å². The second-order valence-corrected chi connectivity index (χ2v) is 8.34. The number of rotatable bonds is 6. The van der Waals surface area contributed by atoms with Crippen molar-refractivity contribution < 1.29 is 14.3 Å². The summed E-state index contributed by atoms with van der Waals surface area (Å²) in [4.78, 5) is 18.2. The van der Waals surface area contributed by atoms with E-state index in [0.29, 0.717) is 11.3 Å². The van der Waals surface area contributed by atoms with Gasteiger partial charge in [-0.2, -0.15) is 0 Å². The van der Waals surface area contributed by atoms with Crippen molar-refractivity contribution in [2.75, 3.05) is 14.2 Å². The molecule has 0 aliphatic carbocycles. The van der Waals surface area contributed by atoms with Crippen LogP contribution in [-0.2, 0) is 0 Å². The standard InChI is InChI=1S/C26H23BrN2O3/c1-16(17-6-4-8-20(12-17)31-2)28-26(30)23-15-25(18-7-5-9-21(13-18)32-3)29-24-11-10-19(27)14-22(23)24/h4-16H,1-3H3,(H,28,30). The summed E-state index contributed by atoms with van der Waals surface area (Å²) in [5.41, 5.74) is 3.85. The van der Waals surface area contributed by atoms with Crippen molar-refractivity contribution in [3.63, 3.8) is 0 Å². The summed E-state index contributed by atoms with van der Waals surface area (Å²) in [6.45, 7) is 1.95. The third-order valence-corrected chi connectivity index (χ3v) is 5.82. The van der Waals surface area contributed by atoms with Gasteiger partial charge in [0.25, 0.3) is 5.91 Å². The van der Waals surface area contributed by atoms with Crippen LogP contribution in [0.3, 0.4) is 0 Å². The predicted octanol–water partition coefficient (Wildman–Crippen LogP) is 6.17. The lowest BCUT2D eigenvalue weighted by Gasteiger charge is -2.17. The first kappa shape index (κ1) is 21.8. The molecule has 3 aromatic carbocycles. The molecule has 0 spiro atoms. The fourth-order valence-electron chi connectivity index (χ4n) is 3.58. The Morgan fingerprint density at radius 1 is 0.938 bits per heavy atom.